The van der Waals surface area contributed by atoms with Crippen molar-refractivity contribution < 1.29 is 4.74 Å². The fraction of sp³-hybridized carbons (Fsp3) is 0.516. The summed E-state index contributed by atoms with van der Waals surface area (Å²) in [6.45, 7) is 37.9. The van der Waals surface area contributed by atoms with E-state index in [2.05, 4.69) is 87.4 Å². The molecule has 5 aliphatic rings. The van der Waals surface area contributed by atoms with Crippen LogP contribution >= 0.6 is 0 Å². The van der Waals surface area contributed by atoms with Gasteiger partial charge >= 0.3 is 0 Å². The molecule has 2 atom stereocenters. The maximum absolute atomic E-state index is 12.9. The van der Waals surface area contributed by atoms with Crippen molar-refractivity contribution in [3.63, 3.8) is 0 Å². The number of nitrogens with one attached hydrogen (secondary N) is 1. The van der Waals surface area contributed by atoms with Gasteiger partial charge in [-0.05, 0) is 51.7 Å². The third-order valence-corrected chi connectivity index (χ3v) is 9.44. The van der Waals surface area contributed by atoms with E-state index in [1.54, 1.807) is 12.2 Å². The second-order valence-corrected chi connectivity index (χ2v) is 13.0. The Morgan fingerprint density at radius 2 is 1.40 bits per heavy atom. The molecule has 0 aliphatic carbocycles. The minimum absolute atomic E-state index is 0.0791. The van der Waals surface area contributed by atoms with Gasteiger partial charge < -0.3 is 15.0 Å². The number of aromatic nitrogens is 3. The van der Waals surface area contributed by atoms with Gasteiger partial charge in [0.15, 0.2) is 17.3 Å². The molecule has 0 saturated carbocycles. The molecule has 210 valence electrons. The van der Waals surface area contributed by atoms with Crippen LogP contribution in [0.2, 0.25) is 0 Å². The smallest absolute Gasteiger partial charge is 0.229 e. The monoisotopic (exact) mass is 540 g/mol. The lowest BCUT2D eigenvalue weighted by Crippen LogP contribution is -2.66. The number of hydrogen-bond donors (Lipinski definition) is 1. The molecule has 5 aliphatic heterocycles. The van der Waals surface area contributed by atoms with E-state index in [0.29, 0.717) is 66.2 Å². The Bertz CT molecular complexity index is 1330. The zero-order valence-electron chi connectivity index (χ0n) is 24.3. The lowest BCUT2D eigenvalue weighted by atomic mass is 9.63. The zero-order chi connectivity index (χ0) is 29.0. The van der Waals surface area contributed by atoms with Crippen molar-refractivity contribution in [1.82, 2.24) is 36.0 Å². The highest BCUT2D eigenvalue weighted by Crippen LogP contribution is 2.68. The Kier molecular flexibility index (Phi) is 5.65. The largest absolute Gasteiger partial charge is 0.378 e. The SMILES string of the molecule is C=CC1(C=C)C(=C)C2([N])C(=C)C3(C(=C)c4nc(nc(N5CCOCC5)n4)C3=C)N1N2C1CC(C)(C)NC(C)(C)C1. The zero-order valence-corrected chi connectivity index (χ0v) is 24.3. The highest BCUT2D eigenvalue weighted by molar-refractivity contribution is 5.96. The molecule has 4 bridgehead atoms. The van der Waals surface area contributed by atoms with Gasteiger partial charge in [-0.25, -0.2) is 15.0 Å². The Hall–Kier alpha value is -2.95. The van der Waals surface area contributed by atoms with Gasteiger partial charge in [0, 0.05) is 41.4 Å². The number of hydrogen-bond acceptors (Lipinski definition) is 8. The van der Waals surface area contributed by atoms with E-state index in [-0.39, 0.29) is 17.1 Å². The normalized spacial score (nSPS) is 32.1. The van der Waals surface area contributed by atoms with E-state index in [9.17, 15) is 5.73 Å². The first kappa shape index (κ1) is 27.2. The highest BCUT2D eigenvalue weighted by Gasteiger charge is 2.78. The van der Waals surface area contributed by atoms with Crippen LogP contribution in [-0.2, 0) is 4.74 Å². The quantitative estimate of drug-likeness (QED) is 0.582. The summed E-state index contributed by atoms with van der Waals surface area (Å²) in [5.74, 6) is 1.48. The Morgan fingerprint density at radius 1 is 0.875 bits per heavy atom. The van der Waals surface area contributed by atoms with Crippen LogP contribution in [0.4, 0.5) is 5.95 Å². The van der Waals surface area contributed by atoms with Crippen LogP contribution in [0.3, 0.4) is 0 Å². The summed E-state index contributed by atoms with van der Waals surface area (Å²) in [5.41, 5.74) is 10.9. The summed E-state index contributed by atoms with van der Waals surface area (Å²) in [6.07, 6.45) is 5.12. The molecule has 9 nitrogen and oxygen atoms in total. The molecule has 1 aromatic heterocycles. The summed E-state index contributed by atoms with van der Waals surface area (Å²) in [5, 5.41) is 7.92. The Labute approximate surface area is 237 Å². The number of ether oxygens (including phenoxy) is 1. The van der Waals surface area contributed by atoms with Gasteiger partial charge in [-0.3, -0.25) is 0 Å². The minimum Gasteiger partial charge on any atom is -0.378 e. The topological polar surface area (TPSA) is 91.9 Å². The van der Waals surface area contributed by atoms with Crippen molar-refractivity contribution >= 4 is 17.1 Å². The molecule has 4 fully saturated rings. The maximum atomic E-state index is 12.9. The molecule has 4 saturated heterocycles. The molecule has 1 N–H and O–H groups in total. The number of nitrogens with zero attached hydrogens (tertiary/aromatic N) is 7. The van der Waals surface area contributed by atoms with Gasteiger partial charge in [-0.1, -0.05) is 38.5 Å². The average molecular weight is 541 g/mol. The molecule has 2 radical (unpaired) electrons. The fourth-order valence-corrected chi connectivity index (χ4v) is 8.04. The summed E-state index contributed by atoms with van der Waals surface area (Å²) in [6, 6.07) is -0.0791. The van der Waals surface area contributed by atoms with E-state index in [1.165, 1.54) is 0 Å². The van der Waals surface area contributed by atoms with Crippen molar-refractivity contribution in [3.05, 3.63) is 74.4 Å². The van der Waals surface area contributed by atoms with E-state index in [4.69, 9.17) is 19.7 Å². The van der Waals surface area contributed by atoms with Crippen LogP contribution in [0.1, 0.15) is 52.2 Å². The highest BCUT2D eigenvalue weighted by atomic mass is 16.5. The molecule has 0 aromatic carbocycles. The standard InChI is InChI=1S/C31H40N8O/c1-11-29(12-2)21(5)31(32)22(6)30(39(29)38(31)23-17-27(7,8)36-28(9,10)18-23)19(3)24-33-25(20(30)4)35-26(34-24)37-13-15-40-16-14-37/h11-12,23,36H,1-6,13-18H2,7-10H3. The predicted molar refractivity (Wildman–Crippen MR) is 158 cm³/mol. The van der Waals surface area contributed by atoms with Crippen molar-refractivity contribution in [2.24, 2.45) is 0 Å². The summed E-state index contributed by atoms with van der Waals surface area (Å²) >= 11 is 0. The average Bonchev–Trinajstić information content (AvgIpc) is 3.24. The van der Waals surface area contributed by atoms with Crippen LogP contribution < -0.4 is 16.0 Å². The molecule has 6 rings (SSSR count). The van der Waals surface area contributed by atoms with Gasteiger partial charge in [0.1, 0.15) is 5.54 Å². The van der Waals surface area contributed by atoms with E-state index in [0.717, 1.165) is 12.8 Å². The van der Waals surface area contributed by atoms with E-state index in [1.807, 2.05) is 0 Å². The molecule has 1 aromatic rings. The van der Waals surface area contributed by atoms with Crippen LogP contribution in [0, 0.1) is 0 Å². The van der Waals surface area contributed by atoms with Gasteiger partial charge in [-0.15, -0.1) is 18.9 Å². The van der Waals surface area contributed by atoms with E-state index >= 15 is 0 Å². The lowest BCUT2D eigenvalue weighted by molar-refractivity contribution is -0.102. The van der Waals surface area contributed by atoms with Crippen LogP contribution in [0.25, 0.3) is 11.1 Å². The summed E-state index contributed by atoms with van der Waals surface area (Å²) in [7, 11) is 0. The van der Waals surface area contributed by atoms with Crippen molar-refractivity contribution in [2.45, 2.75) is 74.4 Å². The summed E-state index contributed by atoms with van der Waals surface area (Å²) in [4.78, 5) is 16.5. The maximum Gasteiger partial charge on any atom is 0.229 e. The van der Waals surface area contributed by atoms with Gasteiger partial charge in [0.25, 0.3) is 0 Å². The number of rotatable bonds is 4. The van der Waals surface area contributed by atoms with Crippen LogP contribution in [0.5, 0.6) is 0 Å². The van der Waals surface area contributed by atoms with Crippen molar-refractivity contribution in [3.8, 4) is 0 Å². The molecule has 1 spiro atoms. The molecular weight excluding hydrogens is 500 g/mol. The Balaban J connectivity index is 1.55. The third kappa shape index (κ3) is 3.18. The van der Waals surface area contributed by atoms with Gasteiger partial charge in [0.2, 0.25) is 5.95 Å². The van der Waals surface area contributed by atoms with Gasteiger partial charge in [0.05, 0.1) is 18.8 Å². The first-order chi connectivity index (χ1) is 18.7. The molecule has 40 heavy (non-hydrogen) atoms. The molecule has 2 unspecified atom stereocenters. The second-order valence-electron chi connectivity index (χ2n) is 13.0. The fourth-order valence-electron chi connectivity index (χ4n) is 8.04. The van der Waals surface area contributed by atoms with E-state index < -0.39 is 16.7 Å². The molecule has 6 heterocycles. The van der Waals surface area contributed by atoms with Crippen LogP contribution in [-0.4, -0.2) is 85.1 Å². The van der Waals surface area contributed by atoms with Crippen molar-refractivity contribution in [2.75, 3.05) is 31.2 Å². The molecule has 9 heteroatoms. The first-order valence-electron chi connectivity index (χ1n) is 14.0. The predicted octanol–water partition coefficient (Wildman–Crippen LogP) is 3.33. The lowest BCUT2D eigenvalue weighted by Gasteiger charge is -2.54. The number of piperidine rings is 2. The summed E-state index contributed by atoms with van der Waals surface area (Å²) < 4.78 is 5.52. The number of fused-ring (bicyclic) bond motifs is 5. The minimum atomic E-state index is -1.62. The molecule has 0 amide bonds. The third-order valence-electron chi connectivity index (χ3n) is 9.44. The van der Waals surface area contributed by atoms with Crippen LogP contribution in [0.15, 0.2) is 62.8 Å². The Morgan fingerprint density at radius 3 is 1.90 bits per heavy atom. The van der Waals surface area contributed by atoms with Gasteiger partial charge in [-0.2, -0.15) is 9.97 Å². The second kappa shape index (κ2) is 8.30. The molecular formula is C31H40N8O. The number of morpholine rings is 1. The first-order valence-corrected chi connectivity index (χ1v) is 14.0. The number of anilines is 1. The number of hydrazine groups is 1. The van der Waals surface area contributed by atoms with Crippen molar-refractivity contribution in [1.29, 1.82) is 0 Å².